The molecule has 0 radical (unpaired) electrons. The van der Waals surface area contributed by atoms with Crippen LogP contribution in [0.15, 0.2) is 40.2 Å². The van der Waals surface area contributed by atoms with Crippen LogP contribution in [0.2, 0.25) is 5.02 Å². The van der Waals surface area contributed by atoms with Crippen molar-refractivity contribution in [2.75, 3.05) is 38.1 Å². The molecule has 1 aliphatic heterocycles. The Hall–Kier alpha value is -2.84. The molecule has 1 N–H and O–H groups in total. The van der Waals surface area contributed by atoms with Gasteiger partial charge in [-0.3, -0.25) is 19.7 Å². The topological polar surface area (TPSA) is 77.5 Å². The molecule has 0 saturated carbocycles. The Bertz CT molecular complexity index is 1120. The molecule has 0 bridgehead atoms. The number of piperazine rings is 1. The van der Waals surface area contributed by atoms with Crippen LogP contribution in [0.1, 0.15) is 11.3 Å². The Labute approximate surface area is 171 Å². The van der Waals surface area contributed by atoms with Gasteiger partial charge in [-0.25, -0.2) is 4.98 Å². The van der Waals surface area contributed by atoms with Gasteiger partial charge in [0.25, 0.3) is 5.56 Å². The molecule has 150 valence electrons. The second-order valence-electron chi connectivity index (χ2n) is 6.92. The number of hydrogen-bond donors (Lipinski definition) is 1. The second-order valence-corrected chi connectivity index (χ2v) is 7.33. The molecule has 4 heterocycles. The number of nitrogens with zero attached hydrogens (tertiary/aromatic N) is 5. The van der Waals surface area contributed by atoms with E-state index in [9.17, 15) is 9.18 Å². The van der Waals surface area contributed by atoms with Crippen molar-refractivity contribution in [2.45, 2.75) is 6.54 Å². The normalized spacial score (nSPS) is 15.5. The minimum Gasteiger partial charge on any atom is -0.365 e. The Morgan fingerprint density at radius 1 is 1.28 bits per heavy atom. The SMILES string of the molecule is CN=Cc1ccc(N2CCN(Cc3cnc4cc(Cl)c(=O)[nH]c4c3)CC2)c(F)n1. The summed E-state index contributed by atoms with van der Waals surface area (Å²) < 4.78 is 14.3. The highest BCUT2D eigenvalue weighted by molar-refractivity contribution is 6.30. The van der Waals surface area contributed by atoms with Gasteiger partial charge in [0.2, 0.25) is 5.95 Å². The third kappa shape index (κ3) is 4.28. The van der Waals surface area contributed by atoms with E-state index in [1.165, 1.54) is 6.21 Å². The summed E-state index contributed by atoms with van der Waals surface area (Å²) in [5.74, 6) is -0.475. The third-order valence-electron chi connectivity index (χ3n) is 4.93. The number of aliphatic imine (C=N–C) groups is 1. The molecule has 0 aliphatic carbocycles. The molecule has 1 saturated heterocycles. The number of rotatable bonds is 4. The molecule has 9 heteroatoms. The maximum atomic E-state index is 14.3. The number of nitrogens with one attached hydrogen (secondary N) is 1. The molecular weight excluding hydrogens is 395 g/mol. The van der Waals surface area contributed by atoms with Crippen molar-refractivity contribution >= 4 is 34.5 Å². The summed E-state index contributed by atoms with van der Waals surface area (Å²) in [5.41, 5.74) is 3.02. The van der Waals surface area contributed by atoms with Crippen molar-refractivity contribution in [1.82, 2.24) is 19.9 Å². The molecule has 1 fully saturated rings. The van der Waals surface area contributed by atoms with Crippen LogP contribution in [-0.2, 0) is 6.54 Å². The van der Waals surface area contributed by atoms with Gasteiger partial charge in [-0.05, 0) is 29.8 Å². The number of fused-ring (bicyclic) bond motifs is 1. The van der Waals surface area contributed by atoms with Gasteiger partial charge in [-0.15, -0.1) is 0 Å². The molecule has 0 aromatic carbocycles. The summed E-state index contributed by atoms with van der Waals surface area (Å²) in [6.45, 7) is 3.67. The molecular formula is C20H20ClFN6O. The van der Waals surface area contributed by atoms with Crippen molar-refractivity contribution in [3.63, 3.8) is 0 Å². The van der Waals surface area contributed by atoms with Crippen LogP contribution in [-0.4, -0.2) is 59.3 Å². The zero-order valence-electron chi connectivity index (χ0n) is 15.9. The highest BCUT2D eigenvalue weighted by Gasteiger charge is 2.20. The number of hydrogen-bond acceptors (Lipinski definition) is 6. The lowest BCUT2D eigenvalue weighted by Gasteiger charge is -2.36. The first-order valence-corrected chi connectivity index (χ1v) is 9.65. The zero-order valence-corrected chi connectivity index (χ0v) is 16.7. The first kappa shape index (κ1) is 19.5. The number of H-pyrrole nitrogens is 1. The first-order valence-electron chi connectivity index (χ1n) is 9.27. The minimum atomic E-state index is -0.475. The fourth-order valence-corrected chi connectivity index (χ4v) is 3.62. The van der Waals surface area contributed by atoms with Crippen molar-refractivity contribution in [1.29, 1.82) is 0 Å². The summed E-state index contributed by atoms with van der Waals surface area (Å²) in [7, 11) is 1.63. The minimum absolute atomic E-state index is 0.130. The lowest BCUT2D eigenvalue weighted by atomic mass is 10.2. The summed E-state index contributed by atoms with van der Waals surface area (Å²) in [5, 5.41) is 0.130. The Kier molecular flexibility index (Phi) is 5.55. The van der Waals surface area contributed by atoms with Crippen LogP contribution in [0, 0.1) is 5.95 Å². The molecule has 1 aliphatic rings. The van der Waals surface area contributed by atoms with E-state index in [4.69, 9.17) is 11.6 Å². The van der Waals surface area contributed by atoms with Gasteiger partial charge in [0.05, 0.1) is 22.4 Å². The van der Waals surface area contributed by atoms with Crippen molar-refractivity contribution < 1.29 is 4.39 Å². The van der Waals surface area contributed by atoms with E-state index >= 15 is 0 Å². The number of aromatic nitrogens is 3. The van der Waals surface area contributed by atoms with Crippen molar-refractivity contribution in [3.05, 3.63) is 63.0 Å². The van der Waals surface area contributed by atoms with Gasteiger partial charge in [-0.2, -0.15) is 4.39 Å². The molecule has 3 aromatic heterocycles. The average molecular weight is 415 g/mol. The highest BCUT2D eigenvalue weighted by Crippen LogP contribution is 2.21. The molecule has 7 nitrogen and oxygen atoms in total. The predicted octanol–water partition coefficient (Wildman–Crippen LogP) is 2.48. The Morgan fingerprint density at radius 2 is 2.07 bits per heavy atom. The Balaban J connectivity index is 1.42. The summed E-state index contributed by atoms with van der Waals surface area (Å²) in [6.07, 6.45) is 3.32. The number of halogens is 2. The largest absolute Gasteiger partial charge is 0.365 e. The van der Waals surface area contributed by atoms with Gasteiger partial charge < -0.3 is 9.88 Å². The van der Waals surface area contributed by atoms with E-state index in [1.54, 1.807) is 31.4 Å². The highest BCUT2D eigenvalue weighted by atomic mass is 35.5. The second kappa shape index (κ2) is 8.26. The predicted molar refractivity (Wildman–Crippen MR) is 113 cm³/mol. The molecule has 0 unspecified atom stereocenters. The quantitative estimate of drug-likeness (QED) is 0.524. The van der Waals surface area contributed by atoms with E-state index in [0.29, 0.717) is 42.0 Å². The lowest BCUT2D eigenvalue weighted by molar-refractivity contribution is 0.249. The fraction of sp³-hybridized carbons (Fsp3) is 0.300. The van der Waals surface area contributed by atoms with Gasteiger partial charge in [0.1, 0.15) is 5.02 Å². The van der Waals surface area contributed by atoms with E-state index in [0.717, 1.165) is 18.7 Å². The molecule has 3 aromatic rings. The summed E-state index contributed by atoms with van der Waals surface area (Å²) in [6, 6.07) is 7.01. The van der Waals surface area contributed by atoms with Crippen LogP contribution in [0.3, 0.4) is 0 Å². The van der Waals surface area contributed by atoms with Gasteiger partial charge in [0, 0.05) is 52.2 Å². The van der Waals surface area contributed by atoms with Crippen LogP contribution in [0.4, 0.5) is 10.1 Å². The molecule has 29 heavy (non-hydrogen) atoms. The maximum Gasteiger partial charge on any atom is 0.267 e. The third-order valence-corrected chi connectivity index (χ3v) is 5.22. The monoisotopic (exact) mass is 414 g/mol. The Morgan fingerprint density at radius 3 is 2.79 bits per heavy atom. The smallest absolute Gasteiger partial charge is 0.267 e. The van der Waals surface area contributed by atoms with Crippen LogP contribution >= 0.6 is 11.6 Å². The van der Waals surface area contributed by atoms with Crippen LogP contribution in [0.25, 0.3) is 11.0 Å². The molecule has 0 atom stereocenters. The standard InChI is InChI=1S/C20H20ClFN6O/c1-23-11-14-2-3-18(19(22)25-14)28-6-4-27(5-7-28)12-13-8-17-16(24-10-13)9-15(21)20(29)26-17/h2-3,8-11H,4-7,12H2,1H3,(H,26,29). The average Bonchev–Trinajstić information content (AvgIpc) is 2.70. The van der Waals surface area contributed by atoms with E-state index in [-0.39, 0.29) is 10.6 Å². The molecule has 0 spiro atoms. The van der Waals surface area contributed by atoms with Crippen molar-refractivity contribution in [2.24, 2.45) is 4.99 Å². The number of pyridine rings is 3. The van der Waals surface area contributed by atoms with Gasteiger partial charge in [0.15, 0.2) is 0 Å². The van der Waals surface area contributed by atoms with E-state index < -0.39 is 5.95 Å². The number of aromatic amines is 1. The fourth-order valence-electron chi connectivity index (χ4n) is 3.47. The van der Waals surface area contributed by atoms with E-state index in [2.05, 4.69) is 24.8 Å². The van der Waals surface area contributed by atoms with Crippen LogP contribution in [0.5, 0.6) is 0 Å². The lowest BCUT2D eigenvalue weighted by Crippen LogP contribution is -2.46. The maximum absolute atomic E-state index is 14.3. The number of anilines is 1. The zero-order chi connectivity index (χ0) is 20.4. The van der Waals surface area contributed by atoms with Gasteiger partial charge >= 0.3 is 0 Å². The molecule has 0 amide bonds. The summed E-state index contributed by atoms with van der Waals surface area (Å²) in [4.78, 5) is 30.9. The first-order chi connectivity index (χ1) is 14.0. The summed E-state index contributed by atoms with van der Waals surface area (Å²) >= 11 is 5.85. The van der Waals surface area contributed by atoms with Crippen LogP contribution < -0.4 is 10.5 Å². The molecule has 4 rings (SSSR count). The van der Waals surface area contributed by atoms with Crippen molar-refractivity contribution in [3.8, 4) is 0 Å². The van der Waals surface area contributed by atoms with E-state index in [1.807, 2.05) is 11.0 Å². The van der Waals surface area contributed by atoms with Gasteiger partial charge in [-0.1, -0.05) is 11.6 Å².